The number of esters is 1. The Morgan fingerprint density at radius 2 is 2.18 bits per heavy atom. The zero-order valence-electron chi connectivity index (χ0n) is 7.13. The van der Waals surface area contributed by atoms with Gasteiger partial charge in [0.2, 0.25) is 0 Å². The molecule has 0 rings (SSSR count). The Morgan fingerprint density at radius 3 is 2.73 bits per heavy atom. The Labute approximate surface area is 67.7 Å². The van der Waals surface area contributed by atoms with Gasteiger partial charge < -0.3 is 9.47 Å². The van der Waals surface area contributed by atoms with Crippen LogP contribution < -0.4 is 0 Å². The third kappa shape index (κ3) is 7.33. The highest BCUT2D eigenvalue weighted by Crippen LogP contribution is 1.91. The summed E-state index contributed by atoms with van der Waals surface area (Å²) >= 11 is 0. The van der Waals surface area contributed by atoms with E-state index in [1.165, 1.54) is 0 Å². The molecule has 65 valence electrons. The van der Waals surface area contributed by atoms with Crippen molar-refractivity contribution < 1.29 is 14.3 Å². The first-order valence-electron chi connectivity index (χ1n) is 3.92. The number of ether oxygens (including phenoxy) is 2. The molecule has 3 heteroatoms. The summed E-state index contributed by atoms with van der Waals surface area (Å²) in [6.45, 7) is 5.94. The van der Waals surface area contributed by atoms with E-state index in [-0.39, 0.29) is 0 Å². The van der Waals surface area contributed by atoms with Crippen LogP contribution in [-0.4, -0.2) is 19.2 Å². The molecule has 0 amide bonds. The van der Waals surface area contributed by atoms with Gasteiger partial charge in [-0.1, -0.05) is 13.3 Å². The Kier molecular flexibility index (Phi) is 7.15. The lowest BCUT2D eigenvalue weighted by Gasteiger charge is -2.01. The van der Waals surface area contributed by atoms with Crippen LogP contribution in [0.4, 0.5) is 0 Å². The second-order valence-corrected chi connectivity index (χ2v) is 2.09. The summed E-state index contributed by atoms with van der Waals surface area (Å²) in [7, 11) is 0. The van der Waals surface area contributed by atoms with E-state index in [9.17, 15) is 4.79 Å². The van der Waals surface area contributed by atoms with Gasteiger partial charge in [0, 0.05) is 6.61 Å². The fourth-order valence-corrected chi connectivity index (χ4v) is 0.531. The second-order valence-electron chi connectivity index (χ2n) is 2.09. The van der Waals surface area contributed by atoms with Crippen molar-refractivity contribution in [2.75, 3.05) is 13.2 Å². The SMILES string of the molecule is CCCCO[CH]C(=O)OCC. The number of hydrogen-bond donors (Lipinski definition) is 0. The molecule has 0 aromatic rings. The zero-order valence-corrected chi connectivity index (χ0v) is 7.13. The summed E-state index contributed by atoms with van der Waals surface area (Å²) in [6.07, 6.45) is 2.03. The lowest BCUT2D eigenvalue weighted by atomic mass is 10.4. The molecule has 0 unspecified atom stereocenters. The van der Waals surface area contributed by atoms with Crippen molar-refractivity contribution in [2.24, 2.45) is 0 Å². The van der Waals surface area contributed by atoms with Gasteiger partial charge in [0.1, 0.15) is 0 Å². The van der Waals surface area contributed by atoms with E-state index in [2.05, 4.69) is 11.7 Å². The third-order valence-electron chi connectivity index (χ3n) is 1.08. The van der Waals surface area contributed by atoms with Gasteiger partial charge in [-0.05, 0) is 13.3 Å². The summed E-state index contributed by atoms with van der Waals surface area (Å²) in [4.78, 5) is 10.6. The number of carbonyl (C=O) groups excluding carboxylic acids is 1. The molecule has 0 heterocycles. The fraction of sp³-hybridized carbons (Fsp3) is 0.750. The fourth-order valence-electron chi connectivity index (χ4n) is 0.531. The Morgan fingerprint density at radius 1 is 1.45 bits per heavy atom. The maximum absolute atomic E-state index is 10.6. The predicted octanol–water partition coefficient (Wildman–Crippen LogP) is 1.53. The van der Waals surface area contributed by atoms with Crippen molar-refractivity contribution >= 4 is 5.97 Å². The molecule has 3 nitrogen and oxygen atoms in total. The van der Waals surface area contributed by atoms with Gasteiger partial charge in [0.25, 0.3) is 0 Å². The molecule has 1 radical (unpaired) electrons. The topological polar surface area (TPSA) is 35.5 Å². The molecule has 0 aliphatic carbocycles. The normalized spacial score (nSPS) is 9.64. The van der Waals surface area contributed by atoms with Crippen molar-refractivity contribution in [3.63, 3.8) is 0 Å². The lowest BCUT2D eigenvalue weighted by Crippen LogP contribution is -2.07. The van der Waals surface area contributed by atoms with Crippen LogP contribution in [0.2, 0.25) is 0 Å². The molecule has 11 heavy (non-hydrogen) atoms. The first-order chi connectivity index (χ1) is 5.31. The quantitative estimate of drug-likeness (QED) is 0.435. The van der Waals surface area contributed by atoms with Crippen LogP contribution in [0.5, 0.6) is 0 Å². The van der Waals surface area contributed by atoms with E-state index in [1.807, 2.05) is 0 Å². The third-order valence-corrected chi connectivity index (χ3v) is 1.08. The van der Waals surface area contributed by atoms with Crippen LogP contribution in [0.3, 0.4) is 0 Å². The van der Waals surface area contributed by atoms with Crippen LogP contribution in [0.25, 0.3) is 0 Å². The van der Waals surface area contributed by atoms with Crippen molar-refractivity contribution in [3.05, 3.63) is 6.61 Å². The van der Waals surface area contributed by atoms with E-state index in [1.54, 1.807) is 6.92 Å². The summed E-state index contributed by atoms with van der Waals surface area (Å²) in [5.74, 6) is -0.399. The number of hydrogen-bond acceptors (Lipinski definition) is 3. The molecule has 0 spiro atoms. The van der Waals surface area contributed by atoms with E-state index >= 15 is 0 Å². The summed E-state index contributed by atoms with van der Waals surface area (Å²) in [5, 5.41) is 0. The Balaban J connectivity index is 3.04. The average molecular weight is 159 g/mol. The van der Waals surface area contributed by atoms with Crippen LogP contribution in [-0.2, 0) is 14.3 Å². The van der Waals surface area contributed by atoms with Crippen LogP contribution in [0.1, 0.15) is 26.7 Å². The van der Waals surface area contributed by atoms with Crippen LogP contribution in [0, 0.1) is 6.61 Å². The van der Waals surface area contributed by atoms with Crippen LogP contribution in [0.15, 0.2) is 0 Å². The van der Waals surface area contributed by atoms with Crippen LogP contribution >= 0.6 is 0 Å². The monoisotopic (exact) mass is 159 g/mol. The Bertz CT molecular complexity index is 102. The minimum atomic E-state index is -0.399. The van der Waals surface area contributed by atoms with E-state index in [0.717, 1.165) is 19.4 Å². The van der Waals surface area contributed by atoms with E-state index < -0.39 is 5.97 Å². The zero-order chi connectivity index (χ0) is 8.53. The highest BCUT2D eigenvalue weighted by atomic mass is 16.6. The first kappa shape index (κ1) is 10.4. The molecule has 0 atom stereocenters. The largest absolute Gasteiger partial charge is 0.464 e. The molecule has 0 saturated carbocycles. The summed E-state index contributed by atoms with van der Waals surface area (Å²) in [6, 6.07) is 0. The van der Waals surface area contributed by atoms with Gasteiger partial charge in [0.15, 0.2) is 6.61 Å². The molecular formula is C8H15O3. The summed E-state index contributed by atoms with van der Waals surface area (Å²) in [5.41, 5.74) is 0. The van der Waals surface area contributed by atoms with E-state index in [0.29, 0.717) is 13.2 Å². The highest BCUT2D eigenvalue weighted by molar-refractivity contribution is 5.76. The standard InChI is InChI=1S/C8H15O3/c1-3-5-6-10-7-8(9)11-4-2/h7H,3-6H2,1-2H3. The number of carbonyl (C=O) groups is 1. The maximum atomic E-state index is 10.6. The molecular weight excluding hydrogens is 144 g/mol. The van der Waals surface area contributed by atoms with Crippen molar-refractivity contribution in [3.8, 4) is 0 Å². The van der Waals surface area contributed by atoms with Gasteiger partial charge in [-0.2, -0.15) is 0 Å². The minimum Gasteiger partial charge on any atom is -0.464 e. The van der Waals surface area contributed by atoms with Crippen molar-refractivity contribution in [1.29, 1.82) is 0 Å². The second kappa shape index (κ2) is 7.54. The Hall–Kier alpha value is -0.570. The molecule has 0 bridgehead atoms. The summed E-state index contributed by atoms with van der Waals surface area (Å²) < 4.78 is 9.49. The van der Waals surface area contributed by atoms with Gasteiger partial charge in [-0.15, -0.1) is 0 Å². The molecule has 0 aromatic heterocycles. The highest BCUT2D eigenvalue weighted by Gasteiger charge is 2.00. The van der Waals surface area contributed by atoms with Gasteiger partial charge in [0.05, 0.1) is 6.61 Å². The molecule has 0 fully saturated rings. The molecule has 0 saturated heterocycles. The number of unbranched alkanes of at least 4 members (excludes halogenated alkanes) is 1. The average Bonchev–Trinajstić information content (AvgIpc) is 1.99. The predicted molar refractivity (Wildman–Crippen MR) is 41.8 cm³/mol. The lowest BCUT2D eigenvalue weighted by molar-refractivity contribution is -0.143. The smallest absolute Gasteiger partial charge is 0.338 e. The molecule has 0 aliphatic heterocycles. The van der Waals surface area contributed by atoms with Crippen molar-refractivity contribution in [1.82, 2.24) is 0 Å². The minimum absolute atomic E-state index is 0.395. The van der Waals surface area contributed by atoms with E-state index in [4.69, 9.17) is 4.74 Å². The first-order valence-corrected chi connectivity index (χ1v) is 3.92. The van der Waals surface area contributed by atoms with Gasteiger partial charge >= 0.3 is 5.97 Å². The molecule has 0 aromatic carbocycles. The van der Waals surface area contributed by atoms with Gasteiger partial charge in [-0.25, -0.2) is 4.79 Å². The van der Waals surface area contributed by atoms with Gasteiger partial charge in [-0.3, -0.25) is 0 Å². The van der Waals surface area contributed by atoms with Crippen molar-refractivity contribution in [2.45, 2.75) is 26.7 Å². The maximum Gasteiger partial charge on any atom is 0.338 e. The molecule has 0 N–H and O–H groups in total. The number of rotatable bonds is 6. The molecule has 0 aliphatic rings.